The number of hydrogen-bond acceptors (Lipinski definition) is 3. The Kier molecular flexibility index (Phi) is 8.12. The lowest BCUT2D eigenvalue weighted by Gasteiger charge is -2.23. The van der Waals surface area contributed by atoms with Gasteiger partial charge in [-0.25, -0.2) is 4.98 Å². The number of para-hydroxylation sites is 4. The number of aromatic hydroxyl groups is 1. The second kappa shape index (κ2) is 13.5. The second-order valence-electron chi connectivity index (χ2n) is 15.7. The molecule has 3 aromatic heterocycles. The van der Waals surface area contributed by atoms with E-state index in [0.29, 0.717) is 11.4 Å². The van der Waals surface area contributed by atoms with E-state index >= 15 is 0 Å². The van der Waals surface area contributed by atoms with Crippen molar-refractivity contribution in [1.29, 1.82) is 0 Å². The molecule has 0 aliphatic rings. The maximum atomic E-state index is 11.3. The molecule has 0 saturated carbocycles. The Labute approximate surface area is 331 Å². The topological polar surface area (TPSA) is 55.9 Å². The summed E-state index contributed by atoms with van der Waals surface area (Å²) < 4.78 is 4.50. The molecule has 0 atom stereocenters. The molecule has 0 aliphatic carbocycles. The molecule has 274 valence electrons. The number of nitrogens with zero attached hydrogens (tertiary/aromatic N) is 4. The molecule has 0 radical (unpaired) electrons. The predicted octanol–water partition coefficient (Wildman–Crippen LogP) is 13.2. The summed E-state index contributed by atoms with van der Waals surface area (Å²) in [5.41, 5.74) is 14.2. The van der Waals surface area contributed by atoms with Crippen LogP contribution in [0.25, 0.3) is 89.1 Å². The van der Waals surface area contributed by atoms with Crippen LogP contribution >= 0.6 is 0 Å². The third-order valence-corrected chi connectivity index (χ3v) is 11.1. The highest BCUT2D eigenvalue weighted by Crippen LogP contribution is 2.42. The Balaban J connectivity index is 1.16. The fourth-order valence-electron chi connectivity index (χ4n) is 8.19. The van der Waals surface area contributed by atoms with E-state index in [9.17, 15) is 5.11 Å². The number of fused-ring (bicyclic) bond motifs is 4. The van der Waals surface area contributed by atoms with Crippen LogP contribution in [0, 0.1) is 0 Å². The van der Waals surface area contributed by atoms with Gasteiger partial charge in [-0.05, 0) is 82.8 Å². The molecule has 0 unspecified atom stereocenters. The predicted molar refractivity (Wildman–Crippen MR) is 235 cm³/mol. The van der Waals surface area contributed by atoms with Crippen molar-refractivity contribution in [2.45, 2.75) is 26.2 Å². The van der Waals surface area contributed by atoms with Gasteiger partial charge in [0, 0.05) is 33.2 Å². The van der Waals surface area contributed by atoms with Crippen molar-refractivity contribution in [1.82, 2.24) is 19.1 Å². The normalized spacial score (nSPS) is 11.8. The van der Waals surface area contributed by atoms with E-state index in [2.05, 4.69) is 169 Å². The molecule has 0 saturated heterocycles. The van der Waals surface area contributed by atoms with E-state index in [0.717, 1.165) is 72.3 Å². The number of phenols is 1. The number of aromatic nitrogens is 4. The quantitative estimate of drug-likeness (QED) is 0.185. The van der Waals surface area contributed by atoms with Crippen LogP contribution in [-0.2, 0) is 5.41 Å². The van der Waals surface area contributed by atoms with Gasteiger partial charge in [-0.1, -0.05) is 136 Å². The van der Waals surface area contributed by atoms with Gasteiger partial charge >= 0.3 is 0 Å². The molecular weight excluding hydrogens is 697 g/mol. The maximum Gasteiger partial charge on any atom is 0.149 e. The van der Waals surface area contributed by atoms with Gasteiger partial charge in [0.2, 0.25) is 0 Å². The van der Waals surface area contributed by atoms with Crippen molar-refractivity contribution in [3.63, 3.8) is 0 Å². The van der Waals surface area contributed by atoms with Crippen molar-refractivity contribution in [2.24, 2.45) is 0 Å². The van der Waals surface area contributed by atoms with Gasteiger partial charge in [0.1, 0.15) is 11.6 Å². The summed E-state index contributed by atoms with van der Waals surface area (Å²) in [5, 5.41) is 13.6. The zero-order chi connectivity index (χ0) is 38.7. The fourth-order valence-corrected chi connectivity index (χ4v) is 8.19. The lowest BCUT2D eigenvalue weighted by Crippen LogP contribution is -2.12. The van der Waals surface area contributed by atoms with Crippen molar-refractivity contribution < 1.29 is 5.11 Å². The Morgan fingerprint density at radius 3 is 1.96 bits per heavy atom. The van der Waals surface area contributed by atoms with Crippen molar-refractivity contribution >= 4 is 32.8 Å². The zero-order valence-electron chi connectivity index (χ0n) is 32.1. The Morgan fingerprint density at radius 2 is 1.16 bits per heavy atom. The van der Waals surface area contributed by atoms with E-state index < -0.39 is 0 Å². The monoisotopic (exact) mass is 736 g/mol. The summed E-state index contributed by atoms with van der Waals surface area (Å²) in [6.45, 7) is 6.73. The highest BCUT2D eigenvalue weighted by Gasteiger charge is 2.24. The number of hydrogen-bond donors (Lipinski definition) is 1. The summed E-state index contributed by atoms with van der Waals surface area (Å²) in [6.07, 6.45) is 2.00. The molecule has 0 aliphatic heterocycles. The molecule has 7 aromatic carbocycles. The minimum absolute atomic E-state index is 0.0455. The van der Waals surface area contributed by atoms with E-state index in [4.69, 9.17) is 9.97 Å². The molecule has 5 heteroatoms. The van der Waals surface area contributed by atoms with E-state index in [1.807, 2.05) is 36.5 Å². The molecule has 10 rings (SSSR count). The maximum absolute atomic E-state index is 11.3. The molecule has 1 N–H and O–H groups in total. The number of benzene rings is 7. The fraction of sp³-hybridized carbons (Fsp3) is 0.0769. The first kappa shape index (κ1) is 34.3. The molecule has 5 nitrogen and oxygen atoms in total. The van der Waals surface area contributed by atoms with Crippen LogP contribution < -0.4 is 0 Å². The summed E-state index contributed by atoms with van der Waals surface area (Å²) in [4.78, 5) is 10.5. The molecule has 0 fully saturated rings. The Morgan fingerprint density at radius 1 is 0.491 bits per heavy atom. The van der Waals surface area contributed by atoms with Gasteiger partial charge in [0.15, 0.2) is 0 Å². The lowest BCUT2D eigenvalue weighted by atomic mass is 9.85. The van der Waals surface area contributed by atoms with Crippen molar-refractivity contribution in [2.75, 3.05) is 0 Å². The van der Waals surface area contributed by atoms with Gasteiger partial charge in [0.05, 0.1) is 45.2 Å². The SMILES string of the molecule is CC(C)(C)c1ccc(-n2c(-c3ccccc3O)nc3c(-c4cccc(-c5cc6c7ccccc7n(-c7ccccc7)c6cn5)c4)cccc32)c(-c2ccccc2)c1. The number of rotatable bonds is 6. The standard InChI is InChI=1S/C52H40N4O/c1-52(2,3)37-28-29-46(42(31-37)34-16-6-4-7-17-34)56-47-26-15-24-39(50(47)54-51(56)41-23-11-13-27-49(41)57)35-18-14-19-36(30-35)44-32-43-40-22-10-12-25-45(40)55(48(43)33-53-44)38-20-8-5-9-21-38/h4-33,57H,1-3H3. The van der Waals surface area contributed by atoms with Gasteiger partial charge in [-0.3, -0.25) is 9.55 Å². The van der Waals surface area contributed by atoms with Crippen LogP contribution in [0.1, 0.15) is 26.3 Å². The highest BCUT2D eigenvalue weighted by molar-refractivity contribution is 6.10. The van der Waals surface area contributed by atoms with Crippen LogP contribution in [0.3, 0.4) is 0 Å². The smallest absolute Gasteiger partial charge is 0.149 e. The Bertz CT molecular complexity index is 3110. The third kappa shape index (κ3) is 5.87. The average molecular weight is 737 g/mol. The molecule has 0 spiro atoms. The first-order valence-electron chi connectivity index (χ1n) is 19.4. The summed E-state index contributed by atoms with van der Waals surface area (Å²) in [7, 11) is 0. The molecule has 0 amide bonds. The number of pyridine rings is 1. The first-order valence-corrected chi connectivity index (χ1v) is 19.4. The van der Waals surface area contributed by atoms with Crippen LogP contribution in [0.2, 0.25) is 0 Å². The second-order valence-corrected chi connectivity index (χ2v) is 15.7. The first-order chi connectivity index (χ1) is 27.8. The number of phenolic OH excluding ortho intramolecular Hbond substituents is 1. The molecule has 3 heterocycles. The summed E-state index contributed by atoms with van der Waals surface area (Å²) in [5.74, 6) is 0.856. The van der Waals surface area contributed by atoms with Crippen LogP contribution in [-0.4, -0.2) is 24.2 Å². The number of imidazole rings is 1. The molecule has 10 aromatic rings. The minimum atomic E-state index is -0.0455. The minimum Gasteiger partial charge on any atom is -0.507 e. The van der Waals surface area contributed by atoms with E-state index in [-0.39, 0.29) is 11.2 Å². The largest absolute Gasteiger partial charge is 0.507 e. The summed E-state index contributed by atoms with van der Waals surface area (Å²) in [6, 6.07) is 60.9. The van der Waals surface area contributed by atoms with Crippen LogP contribution in [0.5, 0.6) is 5.75 Å². The highest BCUT2D eigenvalue weighted by atomic mass is 16.3. The van der Waals surface area contributed by atoms with Gasteiger partial charge in [0.25, 0.3) is 0 Å². The third-order valence-electron chi connectivity index (χ3n) is 11.1. The zero-order valence-corrected chi connectivity index (χ0v) is 32.1. The molecular formula is C52H40N4O. The van der Waals surface area contributed by atoms with E-state index in [1.54, 1.807) is 6.07 Å². The van der Waals surface area contributed by atoms with Crippen LogP contribution in [0.4, 0.5) is 0 Å². The van der Waals surface area contributed by atoms with Crippen molar-refractivity contribution in [3.8, 4) is 62.0 Å². The van der Waals surface area contributed by atoms with Crippen LogP contribution in [0.15, 0.2) is 182 Å². The lowest BCUT2D eigenvalue weighted by molar-refractivity contribution is 0.477. The van der Waals surface area contributed by atoms with Gasteiger partial charge in [-0.15, -0.1) is 0 Å². The van der Waals surface area contributed by atoms with Crippen molar-refractivity contribution in [3.05, 3.63) is 188 Å². The Hall–Kier alpha value is -7.24. The average Bonchev–Trinajstić information content (AvgIpc) is 3.80. The summed E-state index contributed by atoms with van der Waals surface area (Å²) >= 11 is 0. The molecule has 0 bridgehead atoms. The van der Waals surface area contributed by atoms with E-state index in [1.165, 1.54) is 10.9 Å². The van der Waals surface area contributed by atoms with Gasteiger partial charge < -0.3 is 9.67 Å². The molecule has 57 heavy (non-hydrogen) atoms. The van der Waals surface area contributed by atoms with Gasteiger partial charge in [-0.2, -0.15) is 0 Å².